The number of rotatable bonds is 4. The fraction of sp³-hybridized carbons (Fsp3) is 0.562. The van der Waals surface area contributed by atoms with Gasteiger partial charge in [0.1, 0.15) is 8.96 Å². The molecule has 0 radical (unpaired) electrons. The lowest BCUT2D eigenvalue weighted by Crippen LogP contribution is -2.49. The van der Waals surface area contributed by atoms with Crippen LogP contribution in [0.3, 0.4) is 0 Å². The molecule has 0 aliphatic carbocycles. The number of hydrogen-bond acceptors (Lipinski definition) is 3. The highest BCUT2D eigenvalue weighted by Crippen LogP contribution is 2.32. The van der Waals surface area contributed by atoms with Crippen LogP contribution in [0.1, 0.15) is 43.6 Å². The molecule has 3 nitrogen and oxygen atoms in total. The third kappa shape index (κ3) is 3.63. The van der Waals surface area contributed by atoms with Gasteiger partial charge in [-0.25, -0.2) is 4.79 Å². The molecule has 0 saturated heterocycles. The van der Waals surface area contributed by atoms with Gasteiger partial charge in [-0.3, -0.25) is 0 Å². The zero-order chi connectivity index (χ0) is 15.5. The molecule has 0 aliphatic heterocycles. The highest BCUT2D eigenvalue weighted by molar-refractivity contribution is 6.61. The molecule has 0 unspecified atom stereocenters. The van der Waals surface area contributed by atoms with Crippen molar-refractivity contribution in [2.24, 2.45) is 0 Å². The minimum absolute atomic E-state index is 0.00620. The monoisotopic (exact) mass is 293 g/mol. The topological polar surface area (TPSA) is 29.5 Å². The molecular formula is C16H27NO2Si. The van der Waals surface area contributed by atoms with Gasteiger partial charge in [-0.2, -0.15) is 0 Å². The second kappa shape index (κ2) is 6.44. The van der Waals surface area contributed by atoms with E-state index in [1.165, 1.54) is 0 Å². The molecule has 0 heterocycles. The molecule has 0 aliphatic rings. The first-order chi connectivity index (χ1) is 9.20. The first kappa shape index (κ1) is 16.8. The Bertz CT molecular complexity index is 478. The van der Waals surface area contributed by atoms with Gasteiger partial charge in [-0.15, -0.1) is 0 Å². The summed E-state index contributed by atoms with van der Waals surface area (Å²) in [6, 6.07) is 5.86. The number of aryl methyl sites for hydroxylation is 1. The lowest BCUT2D eigenvalue weighted by atomic mass is 10.0. The molecule has 0 aromatic heterocycles. The first-order valence-corrected chi connectivity index (χ1v) is 10.1. The largest absolute Gasteiger partial charge is 0.462 e. The van der Waals surface area contributed by atoms with Crippen LogP contribution in [-0.4, -0.2) is 27.1 Å². The Labute approximate surface area is 124 Å². The third-order valence-corrected chi connectivity index (χ3v) is 5.28. The maximum atomic E-state index is 12.2. The third-order valence-electron chi connectivity index (χ3n) is 3.21. The molecule has 112 valence electrons. The van der Waals surface area contributed by atoms with Crippen LogP contribution in [-0.2, 0) is 4.74 Å². The number of benzene rings is 1. The maximum absolute atomic E-state index is 12.2. The van der Waals surface area contributed by atoms with Crippen LogP contribution in [0.2, 0.25) is 13.1 Å². The lowest BCUT2D eigenvalue weighted by Gasteiger charge is -2.42. The summed E-state index contributed by atoms with van der Waals surface area (Å²) < 4.78 is 7.64. The molecule has 0 N–H and O–H groups in total. The van der Waals surface area contributed by atoms with E-state index in [0.717, 1.165) is 11.3 Å². The van der Waals surface area contributed by atoms with Crippen LogP contribution in [0.5, 0.6) is 0 Å². The SMILES string of the molecule is CCOC(=O)c1cccc(C)c1N([SiH](C)C)C(C)(C)C. The molecule has 0 spiro atoms. The second-order valence-electron chi connectivity index (χ2n) is 6.33. The van der Waals surface area contributed by atoms with Gasteiger partial charge in [0.15, 0.2) is 0 Å². The van der Waals surface area contributed by atoms with E-state index in [2.05, 4.69) is 51.4 Å². The Morgan fingerprint density at radius 1 is 1.30 bits per heavy atom. The predicted octanol–water partition coefficient (Wildman–Crippen LogP) is 3.76. The average molecular weight is 293 g/mol. The van der Waals surface area contributed by atoms with Crippen molar-refractivity contribution < 1.29 is 9.53 Å². The number of nitrogens with zero attached hydrogens (tertiary/aromatic N) is 1. The molecule has 0 atom stereocenters. The van der Waals surface area contributed by atoms with Gasteiger partial charge >= 0.3 is 5.97 Å². The van der Waals surface area contributed by atoms with Crippen LogP contribution in [0.4, 0.5) is 5.69 Å². The number of hydrogen-bond donors (Lipinski definition) is 0. The molecule has 4 heteroatoms. The summed E-state index contributed by atoms with van der Waals surface area (Å²) >= 11 is 0. The minimum atomic E-state index is -1.13. The molecule has 1 aromatic carbocycles. The van der Waals surface area contributed by atoms with Crippen molar-refractivity contribution in [3.05, 3.63) is 29.3 Å². The van der Waals surface area contributed by atoms with Crippen molar-refractivity contribution in [1.29, 1.82) is 0 Å². The summed E-state index contributed by atoms with van der Waals surface area (Å²) in [7, 11) is -1.13. The second-order valence-corrected chi connectivity index (χ2v) is 9.03. The van der Waals surface area contributed by atoms with Gasteiger partial charge in [-0.05, 0) is 46.2 Å². The molecule has 1 rings (SSSR count). The van der Waals surface area contributed by atoms with Crippen molar-refractivity contribution in [2.45, 2.75) is 53.3 Å². The van der Waals surface area contributed by atoms with E-state index in [1.807, 2.05) is 19.1 Å². The van der Waals surface area contributed by atoms with Crippen LogP contribution >= 0.6 is 0 Å². The number of carbonyl (C=O) groups excluding carboxylic acids is 1. The van der Waals surface area contributed by atoms with Crippen molar-refractivity contribution >= 4 is 20.6 Å². The van der Waals surface area contributed by atoms with E-state index < -0.39 is 8.96 Å². The average Bonchev–Trinajstić information content (AvgIpc) is 2.29. The number of para-hydroxylation sites is 1. The van der Waals surface area contributed by atoms with E-state index >= 15 is 0 Å². The van der Waals surface area contributed by atoms with Crippen molar-refractivity contribution in [3.63, 3.8) is 0 Å². The van der Waals surface area contributed by atoms with Crippen LogP contribution < -0.4 is 4.57 Å². The standard InChI is InChI=1S/C16H27NO2Si/c1-8-19-15(18)13-11-9-10-12(2)14(13)17(20(6)7)16(3,4)5/h9-11,20H,8H2,1-7H3. The summed E-state index contributed by atoms with van der Waals surface area (Å²) in [4.78, 5) is 12.2. The number of carbonyl (C=O) groups is 1. The zero-order valence-corrected chi connectivity index (χ0v) is 14.9. The van der Waals surface area contributed by atoms with E-state index in [0.29, 0.717) is 12.2 Å². The molecule has 1 aromatic rings. The molecule has 0 amide bonds. The minimum Gasteiger partial charge on any atom is -0.462 e. The Balaban J connectivity index is 3.44. The van der Waals surface area contributed by atoms with Crippen LogP contribution in [0.25, 0.3) is 0 Å². The summed E-state index contributed by atoms with van der Waals surface area (Å²) in [6.07, 6.45) is 0. The molecule has 0 fully saturated rings. The zero-order valence-electron chi connectivity index (χ0n) is 13.8. The van der Waals surface area contributed by atoms with Gasteiger partial charge in [-0.1, -0.05) is 25.2 Å². The highest BCUT2D eigenvalue weighted by Gasteiger charge is 2.29. The van der Waals surface area contributed by atoms with Gasteiger partial charge in [0.05, 0.1) is 12.2 Å². The van der Waals surface area contributed by atoms with Crippen molar-refractivity contribution in [2.75, 3.05) is 11.2 Å². The fourth-order valence-electron chi connectivity index (χ4n) is 2.72. The van der Waals surface area contributed by atoms with Gasteiger partial charge < -0.3 is 9.30 Å². The number of ether oxygens (including phenoxy) is 1. The van der Waals surface area contributed by atoms with E-state index in [1.54, 1.807) is 0 Å². The van der Waals surface area contributed by atoms with Crippen molar-refractivity contribution in [3.8, 4) is 0 Å². The van der Waals surface area contributed by atoms with E-state index in [4.69, 9.17) is 4.74 Å². The normalized spacial score (nSPS) is 11.6. The Morgan fingerprint density at radius 3 is 2.35 bits per heavy atom. The summed E-state index contributed by atoms with van der Waals surface area (Å²) in [5.41, 5.74) is 2.85. The lowest BCUT2D eigenvalue weighted by molar-refractivity contribution is 0.0527. The van der Waals surface area contributed by atoms with Gasteiger partial charge in [0.2, 0.25) is 0 Å². The summed E-state index contributed by atoms with van der Waals surface area (Å²) in [5.74, 6) is -0.227. The Morgan fingerprint density at radius 2 is 1.90 bits per heavy atom. The van der Waals surface area contributed by atoms with Crippen LogP contribution in [0.15, 0.2) is 18.2 Å². The molecule has 0 bridgehead atoms. The summed E-state index contributed by atoms with van der Waals surface area (Å²) in [5, 5.41) is 0. The molecule has 0 saturated carbocycles. The maximum Gasteiger partial charge on any atom is 0.340 e. The van der Waals surface area contributed by atoms with Gasteiger partial charge in [0.25, 0.3) is 0 Å². The van der Waals surface area contributed by atoms with E-state index in [-0.39, 0.29) is 11.5 Å². The number of esters is 1. The quantitative estimate of drug-likeness (QED) is 0.625. The van der Waals surface area contributed by atoms with Gasteiger partial charge in [0, 0.05) is 11.2 Å². The predicted molar refractivity (Wildman–Crippen MR) is 88.2 cm³/mol. The van der Waals surface area contributed by atoms with E-state index in [9.17, 15) is 4.79 Å². The number of anilines is 1. The molecular weight excluding hydrogens is 266 g/mol. The fourth-order valence-corrected chi connectivity index (χ4v) is 5.13. The van der Waals surface area contributed by atoms with Crippen molar-refractivity contribution in [1.82, 2.24) is 0 Å². The highest BCUT2D eigenvalue weighted by atomic mass is 28.3. The Kier molecular flexibility index (Phi) is 5.40. The summed E-state index contributed by atoms with van der Waals surface area (Å²) in [6.45, 7) is 15.5. The molecule has 20 heavy (non-hydrogen) atoms. The smallest absolute Gasteiger partial charge is 0.340 e. The van der Waals surface area contributed by atoms with Crippen LogP contribution in [0, 0.1) is 6.92 Å². The first-order valence-electron chi connectivity index (χ1n) is 7.26. The Hall–Kier alpha value is -1.29.